The molecule has 4 heteroatoms. The Morgan fingerprint density at radius 3 is 3.00 bits per heavy atom. The zero-order valence-corrected chi connectivity index (χ0v) is 11.2. The first-order valence-electron chi connectivity index (χ1n) is 6.44. The number of fused-ring (bicyclic) bond motifs is 1. The van der Waals surface area contributed by atoms with Crippen molar-refractivity contribution >= 4 is 10.9 Å². The van der Waals surface area contributed by atoms with Gasteiger partial charge in [0.1, 0.15) is 5.82 Å². The molecule has 3 rings (SSSR count). The number of hydrogen-bond acceptors (Lipinski definition) is 2. The minimum atomic E-state index is -0.0280. The number of H-pyrrole nitrogens is 1. The fourth-order valence-corrected chi connectivity index (χ4v) is 2.42. The molecule has 3 aromatic rings. The third kappa shape index (κ3) is 2.15. The molecule has 2 heterocycles. The van der Waals surface area contributed by atoms with Crippen LogP contribution in [0.3, 0.4) is 0 Å². The number of nitrogens with one attached hydrogen (secondary N) is 1. The highest BCUT2D eigenvalue weighted by Gasteiger charge is 2.11. The molecule has 1 unspecified atom stereocenters. The zero-order chi connectivity index (χ0) is 13.4. The predicted molar refractivity (Wildman–Crippen MR) is 76.9 cm³/mol. The monoisotopic (exact) mass is 254 g/mol. The van der Waals surface area contributed by atoms with Gasteiger partial charge in [0.05, 0.1) is 0 Å². The summed E-state index contributed by atoms with van der Waals surface area (Å²) < 4.78 is 2.01. The maximum absolute atomic E-state index is 6.30. The summed E-state index contributed by atoms with van der Waals surface area (Å²) in [5, 5.41) is 1.24. The highest BCUT2D eigenvalue weighted by atomic mass is 15.0. The number of hydrogen-bond donors (Lipinski definition) is 2. The van der Waals surface area contributed by atoms with Gasteiger partial charge < -0.3 is 15.3 Å². The van der Waals surface area contributed by atoms with Gasteiger partial charge >= 0.3 is 0 Å². The van der Waals surface area contributed by atoms with Gasteiger partial charge in [0, 0.05) is 49.0 Å². The molecule has 0 aliphatic heterocycles. The Balaban J connectivity index is 1.90. The minimum absolute atomic E-state index is 0.0280. The summed E-state index contributed by atoms with van der Waals surface area (Å²) in [4.78, 5) is 7.58. The fraction of sp³-hybridized carbons (Fsp3) is 0.267. The number of nitrogens with two attached hydrogens (primary N) is 1. The number of benzene rings is 1. The summed E-state index contributed by atoms with van der Waals surface area (Å²) in [6, 6.07) is 6.33. The van der Waals surface area contributed by atoms with E-state index in [9.17, 15) is 0 Å². The van der Waals surface area contributed by atoms with Crippen molar-refractivity contribution in [3.63, 3.8) is 0 Å². The lowest BCUT2D eigenvalue weighted by atomic mass is 10.0. The fourth-order valence-electron chi connectivity index (χ4n) is 2.42. The van der Waals surface area contributed by atoms with Gasteiger partial charge in [0.25, 0.3) is 0 Å². The molecule has 0 aliphatic carbocycles. The van der Waals surface area contributed by atoms with Gasteiger partial charge in [-0.3, -0.25) is 0 Å². The average molecular weight is 254 g/mol. The molecule has 1 aromatic carbocycles. The Hall–Kier alpha value is -2.07. The largest absolute Gasteiger partial charge is 0.361 e. The minimum Gasteiger partial charge on any atom is -0.361 e. The highest BCUT2D eigenvalue weighted by Crippen LogP contribution is 2.23. The lowest BCUT2D eigenvalue weighted by Gasteiger charge is -2.12. The third-order valence-corrected chi connectivity index (χ3v) is 3.66. The van der Waals surface area contributed by atoms with Crippen LogP contribution in [0.25, 0.3) is 10.9 Å². The molecule has 0 amide bonds. The molecule has 3 N–H and O–H groups in total. The van der Waals surface area contributed by atoms with Crippen molar-refractivity contribution in [2.75, 3.05) is 0 Å². The molecular formula is C15H18N4. The average Bonchev–Trinajstić information content (AvgIpc) is 2.97. The predicted octanol–water partition coefficient (Wildman–Crippen LogP) is 2.45. The van der Waals surface area contributed by atoms with Gasteiger partial charge in [-0.2, -0.15) is 0 Å². The van der Waals surface area contributed by atoms with Gasteiger partial charge in [-0.15, -0.1) is 0 Å². The molecule has 2 aromatic heterocycles. The molecule has 4 nitrogen and oxygen atoms in total. The van der Waals surface area contributed by atoms with Crippen LogP contribution in [0, 0.1) is 6.92 Å². The van der Waals surface area contributed by atoms with Crippen LogP contribution in [0.5, 0.6) is 0 Å². The highest BCUT2D eigenvalue weighted by molar-refractivity contribution is 5.83. The van der Waals surface area contributed by atoms with Gasteiger partial charge in [0.2, 0.25) is 0 Å². The molecule has 0 radical (unpaired) electrons. The van der Waals surface area contributed by atoms with Gasteiger partial charge in [0.15, 0.2) is 0 Å². The lowest BCUT2D eigenvalue weighted by Crippen LogP contribution is -2.15. The zero-order valence-electron chi connectivity index (χ0n) is 11.2. The standard InChI is InChI=1S/C15H18N4/c1-10-9-18-14-4-3-11(7-12(10)14)13(16)8-15-17-5-6-19(15)2/h3-7,9,13,18H,8,16H2,1-2H3. The summed E-state index contributed by atoms with van der Waals surface area (Å²) in [6.45, 7) is 2.10. The lowest BCUT2D eigenvalue weighted by molar-refractivity contribution is 0.660. The number of aromatic amines is 1. The SMILES string of the molecule is Cc1c[nH]c2ccc(C(N)Cc3nccn3C)cc12. The Kier molecular flexibility index (Phi) is 2.87. The summed E-state index contributed by atoms with van der Waals surface area (Å²) in [7, 11) is 1.99. The van der Waals surface area contributed by atoms with E-state index in [0.29, 0.717) is 0 Å². The molecular weight excluding hydrogens is 236 g/mol. The number of aromatic nitrogens is 3. The number of imidazole rings is 1. The van der Waals surface area contributed by atoms with Crippen LogP contribution in [0.1, 0.15) is 23.0 Å². The van der Waals surface area contributed by atoms with Crippen molar-refractivity contribution < 1.29 is 0 Å². The molecule has 98 valence electrons. The first kappa shape index (κ1) is 12.0. The van der Waals surface area contributed by atoms with Crippen LogP contribution in [-0.4, -0.2) is 14.5 Å². The Morgan fingerprint density at radius 1 is 1.42 bits per heavy atom. The van der Waals surface area contributed by atoms with Crippen LogP contribution in [-0.2, 0) is 13.5 Å². The first-order chi connectivity index (χ1) is 9.15. The van der Waals surface area contributed by atoms with E-state index in [4.69, 9.17) is 5.73 Å². The number of rotatable bonds is 3. The van der Waals surface area contributed by atoms with E-state index in [2.05, 4.69) is 35.1 Å². The van der Waals surface area contributed by atoms with Gasteiger partial charge in [-0.1, -0.05) is 6.07 Å². The van der Waals surface area contributed by atoms with Crippen molar-refractivity contribution in [3.8, 4) is 0 Å². The van der Waals surface area contributed by atoms with E-state index in [0.717, 1.165) is 23.3 Å². The van der Waals surface area contributed by atoms with Crippen molar-refractivity contribution in [1.82, 2.24) is 14.5 Å². The van der Waals surface area contributed by atoms with Gasteiger partial charge in [-0.05, 0) is 30.2 Å². The number of aryl methyl sites for hydroxylation is 2. The molecule has 0 bridgehead atoms. The third-order valence-electron chi connectivity index (χ3n) is 3.66. The molecule has 0 spiro atoms. The second-order valence-electron chi connectivity index (χ2n) is 5.04. The molecule has 1 atom stereocenters. The van der Waals surface area contributed by atoms with E-state index >= 15 is 0 Å². The Labute approximate surface area is 112 Å². The van der Waals surface area contributed by atoms with Crippen LogP contribution >= 0.6 is 0 Å². The van der Waals surface area contributed by atoms with Crippen LogP contribution in [0.15, 0.2) is 36.8 Å². The molecule has 0 aliphatic rings. The summed E-state index contributed by atoms with van der Waals surface area (Å²) in [6.07, 6.45) is 6.53. The second kappa shape index (κ2) is 4.55. The van der Waals surface area contributed by atoms with E-state index in [-0.39, 0.29) is 6.04 Å². The quantitative estimate of drug-likeness (QED) is 0.754. The van der Waals surface area contributed by atoms with Crippen LogP contribution < -0.4 is 5.73 Å². The van der Waals surface area contributed by atoms with Crippen molar-refractivity contribution in [2.24, 2.45) is 12.8 Å². The van der Waals surface area contributed by atoms with Crippen molar-refractivity contribution in [1.29, 1.82) is 0 Å². The van der Waals surface area contributed by atoms with E-state index < -0.39 is 0 Å². The van der Waals surface area contributed by atoms with Crippen molar-refractivity contribution in [3.05, 3.63) is 53.7 Å². The molecule has 19 heavy (non-hydrogen) atoms. The van der Waals surface area contributed by atoms with Crippen molar-refractivity contribution in [2.45, 2.75) is 19.4 Å². The summed E-state index contributed by atoms with van der Waals surface area (Å²) in [5.74, 6) is 1.01. The number of nitrogens with zero attached hydrogens (tertiary/aromatic N) is 2. The summed E-state index contributed by atoms with van der Waals surface area (Å²) >= 11 is 0. The molecule has 0 fully saturated rings. The molecule has 0 saturated carbocycles. The topological polar surface area (TPSA) is 59.6 Å². The Morgan fingerprint density at radius 2 is 2.26 bits per heavy atom. The van der Waals surface area contributed by atoms with Crippen LogP contribution in [0.2, 0.25) is 0 Å². The first-order valence-corrected chi connectivity index (χ1v) is 6.44. The van der Waals surface area contributed by atoms with Gasteiger partial charge in [-0.25, -0.2) is 4.98 Å². The maximum atomic E-state index is 6.30. The molecule has 0 saturated heterocycles. The normalized spacial score (nSPS) is 13.0. The van der Waals surface area contributed by atoms with E-state index in [1.807, 2.05) is 30.2 Å². The summed E-state index contributed by atoms with van der Waals surface area (Å²) in [5.41, 5.74) is 9.86. The smallest absolute Gasteiger partial charge is 0.110 e. The maximum Gasteiger partial charge on any atom is 0.110 e. The van der Waals surface area contributed by atoms with E-state index in [1.165, 1.54) is 10.9 Å². The second-order valence-corrected chi connectivity index (χ2v) is 5.04. The Bertz CT molecular complexity index is 708. The van der Waals surface area contributed by atoms with Crippen LogP contribution in [0.4, 0.5) is 0 Å². The van der Waals surface area contributed by atoms with E-state index in [1.54, 1.807) is 0 Å².